The quantitative estimate of drug-likeness (QED) is 0.752. The van der Waals surface area contributed by atoms with Crippen LogP contribution in [-0.2, 0) is 14.3 Å². The zero-order valence-electron chi connectivity index (χ0n) is 11.7. The van der Waals surface area contributed by atoms with Crippen LogP contribution in [0.5, 0.6) is 0 Å². The Morgan fingerprint density at radius 3 is 2.21 bits per heavy atom. The molecule has 108 valence electrons. The zero-order chi connectivity index (χ0) is 14.8. The lowest BCUT2D eigenvalue weighted by Crippen LogP contribution is -2.59. The van der Waals surface area contributed by atoms with E-state index in [0.29, 0.717) is 0 Å². The Balaban J connectivity index is 2.74. The van der Waals surface area contributed by atoms with Gasteiger partial charge in [-0.3, -0.25) is 4.79 Å². The van der Waals surface area contributed by atoms with E-state index in [1.54, 1.807) is 20.8 Å². The van der Waals surface area contributed by atoms with Gasteiger partial charge in [-0.25, -0.2) is 9.59 Å². The van der Waals surface area contributed by atoms with E-state index in [4.69, 9.17) is 9.84 Å². The Morgan fingerprint density at radius 1 is 1.21 bits per heavy atom. The molecule has 19 heavy (non-hydrogen) atoms. The lowest BCUT2D eigenvalue weighted by atomic mass is 10.1. The number of carbonyl (C=O) groups is 3. The van der Waals surface area contributed by atoms with Gasteiger partial charge in [-0.05, 0) is 20.8 Å². The first-order chi connectivity index (χ1) is 8.61. The topological polar surface area (TPSA) is 87.2 Å². The molecular weight excluding hydrogens is 252 g/mol. The van der Waals surface area contributed by atoms with E-state index in [1.807, 2.05) is 0 Å². The van der Waals surface area contributed by atoms with Crippen LogP contribution in [0, 0.1) is 0 Å². The zero-order valence-corrected chi connectivity index (χ0v) is 11.7. The maximum atomic E-state index is 11.9. The molecule has 2 amide bonds. The number of carboxylic acid groups (broad SMARTS) is 1. The van der Waals surface area contributed by atoms with Crippen molar-refractivity contribution in [2.75, 3.05) is 19.6 Å². The van der Waals surface area contributed by atoms with Crippen molar-refractivity contribution in [1.82, 2.24) is 9.80 Å². The normalized spacial score (nSPS) is 20.1. The largest absolute Gasteiger partial charge is 0.480 e. The molecule has 1 fully saturated rings. The third-order valence-electron chi connectivity index (χ3n) is 2.72. The number of carboxylic acids is 1. The summed E-state index contributed by atoms with van der Waals surface area (Å²) in [5, 5.41) is 9.12. The molecule has 7 heteroatoms. The standard InChI is InChI=1S/C12H20N2O5/c1-8(15)14-6-5-13(7-9(14)10(16)17)11(18)19-12(2,3)4/h9H,5-7H2,1-4H3,(H,16,17)/t9-/m0/s1. The van der Waals surface area contributed by atoms with Gasteiger partial charge < -0.3 is 19.6 Å². The van der Waals surface area contributed by atoms with Crippen molar-refractivity contribution in [2.24, 2.45) is 0 Å². The van der Waals surface area contributed by atoms with Crippen LogP contribution in [0.4, 0.5) is 4.79 Å². The number of aliphatic carboxylic acids is 1. The van der Waals surface area contributed by atoms with Crippen LogP contribution < -0.4 is 0 Å². The molecule has 1 rings (SSSR count). The molecule has 0 bridgehead atoms. The number of hydrogen-bond acceptors (Lipinski definition) is 4. The molecule has 0 saturated carbocycles. The van der Waals surface area contributed by atoms with E-state index in [9.17, 15) is 14.4 Å². The fraction of sp³-hybridized carbons (Fsp3) is 0.750. The summed E-state index contributed by atoms with van der Waals surface area (Å²) < 4.78 is 5.19. The molecule has 0 aromatic carbocycles. The Morgan fingerprint density at radius 2 is 1.79 bits per heavy atom. The summed E-state index contributed by atoms with van der Waals surface area (Å²) >= 11 is 0. The Kier molecular flexibility index (Phi) is 4.39. The van der Waals surface area contributed by atoms with Crippen LogP contribution in [0.15, 0.2) is 0 Å². The molecule has 0 aromatic heterocycles. The van der Waals surface area contributed by atoms with E-state index in [0.717, 1.165) is 0 Å². The van der Waals surface area contributed by atoms with Crippen LogP contribution in [-0.4, -0.2) is 64.2 Å². The fourth-order valence-electron chi connectivity index (χ4n) is 1.86. The summed E-state index contributed by atoms with van der Waals surface area (Å²) in [4.78, 5) is 36.9. The molecule has 0 unspecified atom stereocenters. The number of hydrogen-bond donors (Lipinski definition) is 1. The van der Waals surface area contributed by atoms with Crippen molar-refractivity contribution in [3.05, 3.63) is 0 Å². The molecule has 0 spiro atoms. The van der Waals surface area contributed by atoms with Gasteiger partial charge in [0.1, 0.15) is 11.6 Å². The minimum absolute atomic E-state index is 0.0518. The number of rotatable bonds is 1. The highest BCUT2D eigenvalue weighted by Gasteiger charge is 2.36. The number of amides is 2. The van der Waals surface area contributed by atoms with Crippen molar-refractivity contribution in [3.8, 4) is 0 Å². The monoisotopic (exact) mass is 272 g/mol. The van der Waals surface area contributed by atoms with E-state index in [1.165, 1.54) is 16.7 Å². The molecule has 0 radical (unpaired) electrons. The molecule has 1 heterocycles. The number of nitrogens with zero attached hydrogens (tertiary/aromatic N) is 2. The van der Waals surface area contributed by atoms with Gasteiger partial charge in [0.05, 0.1) is 6.54 Å². The van der Waals surface area contributed by atoms with Crippen LogP contribution in [0.3, 0.4) is 0 Å². The first-order valence-corrected chi connectivity index (χ1v) is 6.10. The fourth-order valence-corrected chi connectivity index (χ4v) is 1.86. The predicted octanol–water partition coefficient (Wildman–Crippen LogP) is 0.539. The van der Waals surface area contributed by atoms with Crippen LogP contribution in [0.2, 0.25) is 0 Å². The van der Waals surface area contributed by atoms with Crippen molar-refractivity contribution in [3.63, 3.8) is 0 Å². The number of carbonyl (C=O) groups excluding carboxylic acids is 2. The molecule has 0 aromatic rings. The van der Waals surface area contributed by atoms with Gasteiger partial charge >= 0.3 is 12.1 Å². The van der Waals surface area contributed by atoms with Gasteiger partial charge in [0.25, 0.3) is 0 Å². The van der Waals surface area contributed by atoms with Gasteiger partial charge in [0.2, 0.25) is 5.91 Å². The molecular formula is C12H20N2O5. The summed E-state index contributed by atoms with van der Waals surface area (Å²) in [6.07, 6.45) is -0.554. The summed E-state index contributed by atoms with van der Waals surface area (Å²) in [7, 11) is 0. The average Bonchev–Trinajstić information content (AvgIpc) is 2.25. The second-order valence-corrected chi connectivity index (χ2v) is 5.49. The van der Waals surface area contributed by atoms with Crippen molar-refractivity contribution in [1.29, 1.82) is 0 Å². The van der Waals surface area contributed by atoms with Crippen LogP contribution in [0.1, 0.15) is 27.7 Å². The average molecular weight is 272 g/mol. The Hall–Kier alpha value is -1.79. The minimum Gasteiger partial charge on any atom is -0.480 e. The molecule has 0 aliphatic carbocycles. The maximum absolute atomic E-state index is 11.9. The predicted molar refractivity (Wildman–Crippen MR) is 66.6 cm³/mol. The van der Waals surface area contributed by atoms with E-state index in [-0.39, 0.29) is 25.5 Å². The van der Waals surface area contributed by atoms with Crippen LogP contribution in [0.25, 0.3) is 0 Å². The van der Waals surface area contributed by atoms with Crippen molar-refractivity contribution in [2.45, 2.75) is 39.3 Å². The lowest BCUT2D eigenvalue weighted by molar-refractivity contribution is -0.152. The third-order valence-corrected chi connectivity index (χ3v) is 2.72. The van der Waals surface area contributed by atoms with Gasteiger partial charge in [-0.2, -0.15) is 0 Å². The van der Waals surface area contributed by atoms with Crippen molar-refractivity contribution >= 4 is 18.0 Å². The molecule has 1 aliphatic rings. The van der Waals surface area contributed by atoms with Gasteiger partial charge in [-0.15, -0.1) is 0 Å². The first-order valence-electron chi connectivity index (χ1n) is 6.10. The highest BCUT2D eigenvalue weighted by atomic mass is 16.6. The highest BCUT2D eigenvalue weighted by molar-refractivity contribution is 5.83. The minimum atomic E-state index is -1.12. The number of ether oxygens (including phenoxy) is 1. The SMILES string of the molecule is CC(=O)N1CCN(C(=O)OC(C)(C)C)C[C@H]1C(=O)O. The highest BCUT2D eigenvalue weighted by Crippen LogP contribution is 2.15. The molecule has 1 atom stereocenters. The third kappa shape index (κ3) is 4.11. The second-order valence-electron chi connectivity index (χ2n) is 5.49. The molecule has 7 nitrogen and oxygen atoms in total. The summed E-state index contributed by atoms with van der Waals surface area (Å²) in [6.45, 7) is 6.97. The first kappa shape index (κ1) is 15.3. The van der Waals surface area contributed by atoms with E-state index < -0.39 is 23.7 Å². The van der Waals surface area contributed by atoms with Crippen molar-refractivity contribution < 1.29 is 24.2 Å². The van der Waals surface area contributed by atoms with Gasteiger partial charge in [-0.1, -0.05) is 0 Å². The van der Waals surface area contributed by atoms with Crippen LogP contribution >= 0.6 is 0 Å². The Labute approximate surface area is 112 Å². The Bertz CT molecular complexity index is 388. The summed E-state index contributed by atoms with van der Waals surface area (Å²) in [5.41, 5.74) is -0.631. The van der Waals surface area contributed by atoms with Gasteiger partial charge in [0.15, 0.2) is 0 Å². The molecule has 1 N–H and O–H groups in total. The number of piperazine rings is 1. The molecule has 1 aliphatic heterocycles. The summed E-state index contributed by atoms with van der Waals surface area (Å²) in [5.74, 6) is -1.43. The maximum Gasteiger partial charge on any atom is 0.410 e. The lowest BCUT2D eigenvalue weighted by Gasteiger charge is -2.39. The molecule has 1 saturated heterocycles. The van der Waals surface area contributed by atoms with Gasteiger partial charge in [0, 0.05) is 20.0 Å². The van der Waals surface area contributed by atoms with E-state index >= 15 is 0 Å². The second kappa shape index (κ2) is 5.46. The van der Waals surface area contributed by atoms with E-state index in [2.05, 4.69) is 0 Å². The smallest absolute Gasteiger partial charge is 0.410 e. The summed E-state index contributed by atoms with van der Waals surface area (Å²) in [6, 6.07) is -1.02.